The third-order valence-electron chi connectivity index (χ3n) is 7.44. The van der Waals surface area contributed by atoms with Gasteiger partial charge < -0.3 is 10.6 Å². The highest BCUT2D eigenvalue weighted by Crippen LogP contribution is 2.34. The first-order valence-electron chi connectivity index (χ1n) is 12.6. The second kappa shape index (κ2) is 9.40. The van der Waals surface area contributed by atoms with Crippen molar-refractivity contribution in [3.05, 3.63) is 54.5 Å². The number of aryl methyl sites for hydroxylation is 2. The lowest BCUT2D eigenvalue weighted by Crippen LogP contribution is -2.50. The Kier molecular flexibility index (Phi) is 5.91. The van der Waals surface area contributed by atoms with E-state index in [4.69, 9.17) is 0 Å². The average molecular weight is 500 g/mol. The summed E-state index contributed by atoms with van der Waals surface area (Å²) in [6.07, 6.45) is 12.0. The quantitative estimate of drug-likeness (QED) is 0.418. The van der Waals surface area contributed by atoms with E-state index >= 15 is 0 Å². The maximum absolute atomic E-state index is 13.1. The van der Waals surface area contributed by atoms with Crippen molar-refractivity contribution in [2.75, 3.05) is 23.7 Å². The van der Waals surface area contributed by atoms with Crippen LogP contribution >= 0.6 is 0 Å². The van der Waals surface area contributed by atoms with Crippen molar-refractivity contribution >= 4 is 28.8 Å². The topological polar surface area (TPSA) is 122 Å². The molecule has 0 spiro atoms. The second-order valence-electron chi connectivity index (χ2n) is 10.0. The SMILES string of the molecule is Cc1ncc(NC(=O)CN2CC3CCC2CC3)cc1NC(=O)c1nnc2cc(-c3cnn(C)c3)ccn12. The molecule has 1 saturated carbocycles. The van der Waals surface area contributed by atoms with E-state index in [2.05, 4.69) is 35.8 Å². The van der Waals surface area contributed by atoms with E-state index in [1.165, 1.54) is 25.7 Å². The number of aromatic nitrogens is 6. The first kappa shape index (κ1) is 23.3. The summed E-state index contributed by atoms with van der Waals surface area (Å²) < 4.78 is 3.36. The van der Waals surface area contributed by atoms with Crippen LogP contribution in [-0.4, -0.2) is 65.2 Å². The first-order chi connectivity index (χ1) is 17.9. The highest BCUT2D eigenvalue weighted by atomic mass is 16.2. The summed E-state index contributed by atoms with van der Waals surface area (Å²) in [5, 5.41) is 18.3. The number of carbonyl (C=O) groups excluding carboxylic acids is 2. The van der Waals surface area contributed by atoms with Gasteiger partial charge >= 0.3 is 0 Å². The average Bonchev–Trinajstić information content (AvgIpc) is 3.52. The molecule has 4 aromatic heterocycles. The van der Waals surface area contributed by atoms with Crippen LogP contribution in [0, 0.1) is 12.8 Å². The number of hydrogen-bond donors (Lipinski definition) is 2. The van der Waals surface area contributed by atoms with Gasteiger partial charge in [0.25, 0.3) is 5.91 Å². The molecule has 2 bridgehead atoms. The minimum Gasteiger partial charge on any atom is -0.324 e. The molecule has 1 aliphatic carbocycles. The highest BCUT2D eigenvalue weighted by molar-refractivity contribution is 6.03. The molecule has 11 heteroatoms. The molecular weight excluding hydrogens is 470 g/mol. The fourth-order valence-corrected chi connectivity index (χ4v) is 5.45. The van der Waals surface area contributed by atoms with Crippen LogP contribution in [0.2, 0.25) is 0 Å². The van der Waals surface area contributed by atoms with Crippen molar-refractivity contribution < 1.29 is 9.59 Å². The van der Waals surface area contributed by atoms with E-state index in [0.29, 0.717) is 35.3 Å². The zero-order chi connectivity index (χ0) is 25.5. The van der Waals surface area contributed by atoms with Crippen molar-refractivity contribution in [3.8, 4) is 11.1 Å². The molecule has 0 radical (unpaired) electrons. The van der Waals surface area contributed by atoms with Gasteiger partial charge in [0.15, 0.2) is 5.65 Å². The lowest BCUT2D eigenvalue weighted by atomic mass is 9.80. The lowest BCUT2D eigenvalue weighted by molar-refractivity contribution is -0.119. The number of rotatable bonds is 6. The summed E-state index contributed by atoms with van der Waals surface area (Å²) in [5.74, 6) is 0.389. The van der Waals surface area contributed by atoms with Crippen LogP contribution in [0.25, 0.3) is 16.8 Å². The van der Waals surface area contributed by atoms with Crippen LogP contribution in [0.1, 0.15) is 42.0 Å². The molecule has 2 amide bonds. The van der Waals surface area contributed by atoms with Gasteiger partial charge in [-0.15, -0.1) is 10.2 Å². The van der Waals surface area contributed by atoms with Crippen LogP contribution in [0.3, 0.4) is 0 Å². The minimum atomic E-state index is -0.417. The van der Waals surface area contributed by atoms with Gasteiger partial charge in [0.2, 0.25) is 11.7 Å². The van der Waals surface area contributed by atoms with E-state index in [1.807, 2.05) is 25.4 Å². The van der Waals surface area contributed by atoms with E-state index in [0.717, 1.165) is 23.6 Å². The Balaban J connectivity index is 1.15. The maximum Gasteiger partial charge on any atom is 0.294 e. The summed E-state index contributed by atoms with van der Waals surface area (Å²) in [7, 11) is 1.86. The van der Waals surface area contributed by atoms with E-state index < -0.39 is 5.91 Å². The largest absolute Gasteiger partial charge is 0.324 e. The lowest BCUT2D eigenvalue weighted by Gasteiger charge is -2.44. The molecule has 11 nitrogen and oxygen atoms in total. The molecule has 3 fully saturated rings. The number of piperidine rings is 2. The molecule has 2 N–H and O–H groups in total. The summed E-state index contributed by atoms with van der Waals surface area (Å²) in [6, 6.07) is 5.99. The van der Waals surface area contributed by atoms with E-state index in [1.54, 1.807) is 40.7 Å². The number of hydrogen-bond acceptors (Lipinski definition) is 7. The van der Waals surface area contributed by atoms with Crippen LogP contribution in [0.15, 0.2) is 43.0 Å². The normalized spacial score (nSPS) is 19.3. The Labute approximate surface area is 213 Å². The minimum absolute atomic E-state index is 0.0663. The smallest absolute Gasteiger partial charge is 0.294 e. The summed E-state index contributed by atoms with van der Waals surface area (Å²) >= 11 is 0. The van der Waals surface area contributed by atoms with Gasteiger partial charge in [-0.1, -0.05) is 0 Å². The van der Waals surface area contributed by atoms with Gasteiger partial charge in [0, 0.05) is 37.6 Å². The maximum atomic E-state index is 13.1. The van der Waals surface area contributed by atoms with Gasteiger partial charge in [-0.3, -0.25) is 28.6 Å². The standard InChI is InChI=1S/C26H29N9O2/c1-16-22(10-20(12-27-16)29-24(36)15-34-13-17-3-5-21(34)6-4-17)30-26(37)25-32-31-23-9-18(7-8-35(23)25)19-11-28-33(2)14-19/h7-12,14,17,21H,3-6,13,15H2,1-2H3,(H,29,36)(H,30,37). The molecule has 0 unspecified atom stereocenters. The van der Waals surface area contributed by atoms with Crippen molar-refractivity contribution in [1.29, 1.82) is 0 Å². The highest BCUT2D eigenvalue weighted by Gasteiger charge is 2.34. The molecule has 6 heterocycles. The molecule has 0 aromatic carbocycles. The van der Waals surface area contributed by atoms with Gasteiger partial charge in [-0.05, 0) is 62.3 Å². The molecule has 2 aliphatic heterocycles. The number of nitrogens with zero attached hydrogens (tertiary/aromatic N) is 7. The number of amides is 2. The molecule has 3 aliphatic rings. The Bertz CT molecular complexity index is 1480. The van der Waals surface area contributed by atoms with Gasteiger partial charge in [-0.25, -0.2) is 0 Å². The van der Waals surface area contributed by atoms with Crippen LogP contribution in [0.5, 0.6) is 0 Å². The molecular formula is C26H29N9O2. The van der Waals surface area contributed by atoms with Gasteiger partial charge in [0.05, 0.1) is 36.0 Å². The number of fused-ring (bicyclic) bond motifs is 4. The fraction of sp³-hybridized carbons (Fsp3) is 0.385. The predicted molar refractivity (Wildman–Crippen MR) is 138 cm³/mol. The summed E-state index contributed by atoms with van der Waals surface area (Å²) in [4.78, 5) is 32.5. The van der Waals surface area contributed by atoms with Crippen LogP contribution in [-0.2, 0) is 11.8 Å². The molecule has 2 saturated heterocycles. The summed E-state index contributed by atoms with van der Waals surface area (Å²) in [6.45, 7) is 3.18. The number of pyridine rings is 2. The second-order valence-corrected chi connectivity index (χ2v) is 10.0. The Morgan fingerprint density at radius 1 is 1.05 bits per heavy atom. The monoisotopic (exact) mass is 499 g/mol. The predicted octanol–water partition coefficient (Wildman–Crippen LogP) is 2.90. The van der Waals surface area contributed by atoms with Crippen molar-refractivity contribution in [2.24, 2.45) is 13.0 Å². The number of anilines is 2. The third-order valence-corrected chi connectivity index (χ3v) is 7.44. The van der Waals surface area contributed by atoms with Crippen molar-refractivity contribution in [3.63, 3.8) is 0 Å². The van der Waals surface area contributed by atoms with Gasteiger partial charge in [-0.2, -0.15) is 5.10 Å². The first-order valence-corrected chi connectivity index (χ1v) is 12.6. The molecule has 4 aromatic rings. The Morgan fingerprint density at radius 3 is 2.62 bits per heavy atom. The molecule has 7 rings (SSSR count). The fourth-order valence-electron chi connectivity index (χ4n) is 5.45. The number of nitrogens with one attached hydrogen (secondary N) is 2. The van der Waals surface area contributed by atoms with Crippen molar-refractivity contribution in [2.45, 2.75) is 38.6 Å². The molecule has 37 heavy (non-hydrogen) atoms. The zero-order valence-corrected chi connectivity index (χ0v) is 20.9. The third kappa shape index (κ3) is 4.69. The number of carbonyl (C=O) groups is 2. The molecule has 190 valence electrons. The Hall–Kier alpha value is -4.12. The molecule has 0 atom stereocenters. The van der Waals surface area contributed by atoms with Crippen LogP contribution in [0.4, 0.5) is 11.4 Å². The van der Waals surface area contributed by atoms with Gasteiger partial charge in [0.1, 0.15) is 0 Å². The zero-order valence-electron chi connectivity index (χ0n) is 20.9. The van der Waals surface area contributed by atoms with E-state index in [-0.39, 0.29) is 11.7 Å². The van der Waals surface area contributed by atoms with Crippen molar-refractivity contribution in [1.82, 2.24) is 34.3 Å². The summed E-state index contributed by atoms with van der Waals surface area (Å²) in [5.41, 5.74) is 4.11. The van der Waals surface area contributed by atoms with E-state index in [9.17, 15) is 9.59 Å². The van der Waals surface area contributed by atoms with Crippen LogP contribution < -0.4 is 10.6 Å². The Morgan fingerprint density at radius 2 is 1.89 bits per heavy atom.